The van der Waals surface area contributed by atoms with Crippen LogP contribution in [-0.2, 0) is 24.4 Å². The van der Waals surface area contributed by atoms with Crippen LogP contribution in [0.25, 0.3) is 0 Å². The molecule has 136 valence electrons. The van der Waals surface area contributed by atoms with Crippen molar-refractivity contribution in [3.05, 3.63) is 39.0 Å². The Hall–Kier alpha value is -2.71. The molecule has 0 spiro atoms. The highest BCUT2D eigenvalue weighted by molar-refractivity contribution is 5.75. The third-order valence-corrected chi connectivity index (χ3v) is 4.46. The lowest BCUT2D eigenvalue weighted by Crippen LogP contribution is -2.27. The van der Waals surface area contributed by atoms with Crippen molar-refractivity contribution < 1.29 is 9.72 Å². The molecule has 0 unspecified atom stereocenters. The Balaban J connectivity index is 1.99. The van der Waals surface area contributed by atoms with Gasteiger partial charge in [0, 0.05) is 37.8 Å². The molecule has 2 aromatic heterocycles. The number of hydrogen-bond acceptors (Lipinski definition) is 5. The molecule has 9 nitrogen and oxygen atoms in total. The lowest BCUT2D eigenvalue weighted by Gasteiger charge is -2.18. The fourth-order valence-corrected chi connectivity index (χ4v) is 2.83. The zero-order valence-electron chi connectivity index (χ0n) is 15.3. The number of carbonyl (C=O) groups is 1. The average Bonchev–Trinajstić information content (AvgIpc) is 3.06. The van der Waals surface area contributed by atoms with Crippen molar-refractivity contribution in [3.8, 4) is 0 Å². The number of aromatic nitrogens is 4. The number of nitro groups is 1. The number of rotatable bonds is 7. The van der Waals surface area contributed by atoms with Gasteiger partial charge in [0.2, 0.25) is 5.91 Å². The van der Waals surface area contributed by atoms with E-state index in [1.807, 2.05) is 25.5 Å². The van der Waals surface area contributed by atoms with Crippen molar-refractivity contribution in [1.29, 1.82) is 0 Å². The van der Waals surface area contributed by atoms with Gasteiger partial charge in [-0.3, -0.25) is 24.3 Å². The molecule has 0 aromatic carbocycles. The molecule has 0 radical (unpaired) electrons. The largest absolute Gasteiger partial charge is 0.341 e. The third kappa shape index (κ3) is 3.86. The van der Waals surface area contributed by atoms with Crippen molar-refractivity contribution in [3.63, 3.8) is 0 Å². The highest BCUT2D eigenvalue weighted by Gasteiger charge is 2.19. The van der Waals surface area contributed by atoms with Gasteiger partial charge in [-0.15, -0.1) is 0 Å². The molecule has 0 saturated heterocycles. The topological polar surface area (TPSA) is 99.1 Å². The summed E-state index contributed by atoms with van der Waals surface area (Å²) in [5.74, 6) is -0.0411. The summed E-state index contributed by atoms with van der Waals surface area (Å²) in [5.41, 5.74) is 3.48. The molecular formula is C16H24N6O3. The van der Waals surface area contributed by atoms with Crippen LogP contribution >= 0.6 is 0 Å². The highest BCUT2D eigenvalue weighted by Crippen LogP contribution is 2.18. The van der Waals surface area contributed by atoms with E-state index < -0.39 is 4.92 Å². The Morgan fingerprint density at radius 3 is 2.48 bits per heavy atom. The first-order valence-corrected chi connectivity index (χ1v) is 8.19. The van der Waals surface area contributed by atoms with Crippen LogP contribution in [0.5, 0.6) is 0 Å². The zero-order valence-corrected chi connectivity index (χ0v) is 15.3. The molecule has 0 saturated carbocycles. The molecule has 0 bridgehead atoms. The van der Waals surface area contributed by atoms with Crippen molar-refractivity contribution in [2.45, 2.75) is 53.8 Å². The van der Waals surface area contributed by atoms with Gasteiger partial charge in [0.25, 0.3) is 0 Å². The second kappa shape index (κ2) is 7.45. The lowest BCUT2D eigenvalue weighted by molar-refractivity contribution is -0.385. The maximum absolute atomic E-state index is 12.4. The molecule has 0 N–H and O–H groups in total. The molecule has 0 aliphatic carbocycles. The van der Waals surface area contributed by atoms with Crippen molar-refractivity contribution in [2.24, 2.45) is 0 Å². The summed E-state index contributed by atoms with van der Waals surface area (Å²) in [4.78, 5) is 24.4. The second-order valence-electron chi connectivity index (χ2n) is 6.06. The molecule has 9 heteroatoms. The van der Waals surface area contributed by atoms with E-state index in [1.165, 1.54) is 10.9 Å². The van der Waals surface area contributed by atoms with E-state index in [0.29, 0.717) is 18.8 Å². The number of aryl methyl sites for hydroxylation is 3. The second-order valence-corrected chi connectivity index (χ2v) is 6.06. The van der Waals surface area contributed by atoms with Crippen LogP contribution < -0.4 is 0 Å². The summed E-state index contributed by atoms with van der Waals surface area (Å²) >= 11 is 0. The van der Waals surface area contributed by atoms with Crippen LogP contribution in [0.3, 0.4) is 0 Å². The smallest absolute Gasteiger partial charge is 0.309 e. The first-order chi connectivity index (χ1) is 11.8. The standard InChI is InChI=1S/C16H24N6O3/c1-6-20-12(3)14(11(2)18-20)10-19(5)16(23)7-8-21-13(4)15(9-17-21)22(24)25/h9H,6-8,10H2,1-5H3. The van der Waals surface area contributed by atoms with E-state index in [0.717, 1.165) is 23.5 Å². The maximum atomic E-state index is 12.4. The van der Waals surface area contributed by atoms with E-state index in [9.17, 15) is 14.9 Å². The molecule has 2 aromatic rings. The Bertz CT molecular complexity index is 792. The van der Waals surface area contributed by atoms with Crippen molar-refractivity contribution >= 4 is 11.6 Å². The molecule has 0 fully saturated rings. The first-order valence-electron chi connectivity index (χ1n) is 8.19. The predicted octanol–water partition coefficient (Wildman–Crippen LogP) is 1.98. The highest BCUT2D eigenvalue weighted by atomic mass is 16.6. The van der Waals surface area contributed by atoms with Gasteiger partial charge in [0.1, 0.15) is 11.9 Å². The number of carbonyl (C=O) groups excluding carboxylic acids is 1. The molecule has 25 heavy (non-hydrogen) atoms. The Kier molecular flexibility index (Phi) is 5.55. The fraction of sp³-hybridized carbons (Fsp3) is 0.562. The summed E-state index contributed by atoms with van der Waals surface area (Å²) in [5, 5.41) is 19.3. The van der Waals surface area contributed by atoms with E-state index in [1.54, 1.807) is 18.9 Å². The third-order valence-electron chi connectivity index (χ3n) is 4.46. The summed E-state index contributed by atoms with van der Waals surface area (Å²) in [7, 11) is 1.75. The van der Waals surface area contributed by atoms with Gasteiger partial charge in [0.05, 0.1) is 17.2 Å². The van der Waals surface area contributed by atoms with Gasteiger partial charge in [-0.05, 0) is 27.7 Å². The van der Waals surface area contributed by atoms with Gasteiger partial charge in [-0.25, -0.2) is 0 Å². The van der Waals surface area contributed by atoms with E-state index in [-0.39, 0.29) is 18.0 Å². The molecule has 0 aliphatic heterocycles. The Labute approximate surface area is 146 Å². The number of hydrogen-bond donors (Lipinski definition) is 0. The molecule has 2 heterocycles. The van der Waals surface area contributed by atoms with E-state index >= 15 is 0 Å². The van der Waals surface area contributed by atoms with Gasteiger partial charge in [-0.2, -0.15) is 10.2 Å². The fourth-order valence-electron chi connectivity index (χ4n) is 2.83. The Morgan fingerprint density at radius 1 is 1.28 bits per heavy atom. The van der Waals surface area contributed by atoms with E-state index in [2.05, 4.69) is 10.2 Å². The monoisotopic (exact) mass is 348 g/mol. The number of amides is 1. The normalized spacial score (nSPS) is 10.9. The average molecular weight is 348 g/mol. The van der Waals surface area contributed by atoms with E-state index in [4.69, 9.17) is 0 Å². The summed E-state index contributed by atoms with van der Waals surface area (Å²) in [6.07, 6.45) is 1.45. The van der Waals surface area contributed by atoms with Gasteiger partial charge < -0.3 is 4.90 Å². The van der Waals surface area contributed by atoms with Crippen molar-refractivity contribution in [2.75, 3.05) is 7.05 Å². The lowest BCUT2D eigenvalue weighted by atomic mass is 10.2. The molecule has 2 rings (SSSR count). The van der Waals surface area contributed by atoms with Gasteiger partial charge in [-0.1, -0.05) is 0 Å². The predicted molar refractivity (Wildman–Crippen MR) is 92.1 cm³/mol. The van der Waals surface area contributed by atoms with Crippen LogP contribution in [0.4, 0.5) is 5.69 Å². The van der Waals surface area contributed by atoms with Gasteiger partial charge >= 0.3 is 5.69 Å². The minimum absolute atomic E-state index is 0.0287. The van der Waals surface area contributed by atoms with Crippen LogP contribution in [0.1, 0.15) is 36.0 Å². The van der Waals surface area contributed by atoms with Crippen molar-refractivity contribution in [1.82, 2.24) is 24.5 Å². The zero-order chi connectivity index (χ0) is 18.7. The van der Waals surface area contributed by atoms with Gasteiger partial charge in [0.15, 0.2) is 0 Å². The maximum Gasteiger partial charge on any atom is 0.309 e. The minimum atomic E-state index is -0.469. The SMILES string of the molecule is CCn1nc(C)c(CN(C)C(=O)CCn2ncc([N+](=O)[O-])c2C)c1C. The van der Waals surface area contributed by atoms with Crippen LogP contribution in [-0.4, -0.2) is 42.3 Å². The van der Waals surface area contributed by atoms with Crippen LogP contribution in [0.15, 0.2) is 6.20 Å². The quantitative estimate of drug-likeness (QED) is 0.563. The van der Waals surface area contributed by atoms with Crippen LogP contribution in [0.2, 0.25) is 0 Å². The van der Waals surface area contributed by atoms with Crippen LogP contribution in [0, 0.1) is 30.9 Å². The summed E-state index contributed by atoms with van der Waals surface area (Å²) in [6.45, 7) is 9.21. The molecule has 1 amide bonds. The minimum Gasteiger partial charge on any atom is -0.341 e. The molecular weight excluding hydrogens is 324 g/mol. The first kappa shape index (κ1) is 18.6. The summed E-state index contributed by atoms with van der Waals surface area (Å²) in [6, 6.07) is 0. The molecule has 0 atom stereocenters. The summed E-state index contributed by atoms with van der Waals surface area (Å²) < 4.78 is 3.42. The molecule has 0 aliphatic rings. The number of nitrogens with zero attached hydrogens (tertiary/aromatic N) is 6. The Morgan fingerprint density at radius 2 is 1.96 bits per heavy atom.